The highest BCUT2D eigenvalue weighted by molar-refractivity contribution is 5.82. The Kier molecular flexibility index (Phi) is 9.67. The maximum absolute atomic E-state index is 13.7. The quantitative estimate of drug-likeness (QED) is 0.137. The van der Waals surface area contributed by atoms with Crippen molar-refractivity contribution in [3.8, 4) is 11.1 Å². The van der Waals surface area contributed by atoms with E-state index in [2.05, 4.69) is 17.4 Å². The minimum absolute atomic E-state index is 0.0660. The number of nitrogens with one attached hydrogen (secondary N) is 1. The third-order valence-corrected chi connectivity index (χ3v) is 9.21. The lowest BCUT2D eigenvalue weighted by Gasteiger charge is -2.37. The molecule has 0 fully saturated rings. The first-order valence-electron chi connectivity index (χ1n) is 16.2. The first-order chi connectivity index (χ1) is 23.4. The zero-order chi connectivity index (χ0) is 33.5. The molecule has 0 radical (unpaired) electrons. The minimum Gasteiger partial charge on any atom is -0.480 e. The van der Waals surface area contributed by atoms with Gasteiger partial charge >= 0.3 is 12.1 Å². The second-order valence-corrected chi connectivity index (χ2v) is 12.1. The van der Waals surface area contributed by atoms with Gasteiger partial charge in [-0.05, 0) is 51.8 Å². The van der Waals surface area contributed by atoms with Crippen molar-refractivity contribution in [3.05, 3.63) is 167 Å². The fourth-order valence-corrected chi connectivity index (χ4v) is 6.81. The van der Waals surface area contributed by atoms with Crippen molar-refractivity contribution in [2.24, 2.45) is 0 Å². The molecule has 2 N–H and O–H groups in total. The van der Waals surface area contributed by atoms with Crippen LogP contribution in [0, 0.1) is 0 Å². The molecule has 7 nitrogen and oxygen atoms in total. The third kappa shape index (κ3) is 6.45. The van der Waals surface area contributed by atoms with E-state index in [9.17, 15) is 19.5 Å². The number of hydrogen-bond donors (Lipinski definition) is 2. The van der Waals surface area contributed by atoms with Crippen LogP contribution in [0.1, 0.15) is 53.0 Å². The lowest BCUT2D eigenvalue weighted by molar-refractivity contribution is -0.142. The SMILES string of the molecule is CN(C(=O)OCC1c2ccccc2-c2ccccc21)[C@@H](CCCC(=O)NC(c1ccccc1)(c1ccccc1)c1ccccc1)C(=O)O. The van der Waals surface area contributed by atoms with Crippen LogP contribution in [-0.2, 0) is 19.9 Å². The number of carboxylic acids is 1. The summed E-state index contributed by atoms with van der Waals surface area (Å²) in [6.45, 7) is 0.0898. The van der Waals surface area contributed by atoms with Gasteiger partial charge in [0.05, 0.1) is 0 Å². The Balaban J connectivity index is 1.13. The zero-order valence-electron chi connectivity index (χ0n) is 26.8. The maximum atomic E-state index is 13.7. The summed E-state index contributed by atoms with van der Waals surface area (Å²) in [5.74, 6) is -1.53. The Morgan fingerprint density at radius 1 is 0.708 bits per heavy atom. The molecule has 1 aliphatic rings. The van der Waals surface area contributed by atoms with Crippen LogP contribution in [0.4, 0.5) is 4.79 Å². The Morgan fingerprint density at radius 2 is 1.15 bits per heavy atom. The molecule has 0 saturated carbocycles. The molecule has 0 spiro atoms. The molecule has 6 rings (SSSR count). The molecule has 0 heterocycles. The van der Waals surface area contributed by atoms with Crippen molar-refractivity contribution in [1.82, 2.24) is 10.2 Å². The first-order valence-corrected chi connectivity index (χ1v) is 16.2. The molecule has 0 saturated heterocycles. The van der Waals surface area contributed by atoms with Crippen LogP contribution >= 0.6 is 0 Å². The number of carbonyl (C=O) groups is 3. The van der Waals surface area contributed by atoms with E-state index in [4.69, 9.17) is 4.74 Å². The van der Waals surface area contributed by atoms with Crippen LogP contribution in [0.2, 0.25) is 0 Å². The van der Waals surface area contributed by atoms with Crippen LogP contribution in [0.3, 0.4) is 0 Å². The van der Waals surface area contributed by atoms with Gasteiger partial charge in [0.25, 0.3) is 0 Å². The van der Waals surface area contributed by atoms with Gasteiger partial charge in [0.2, 0.25) is 5.91 Å². The first kappa shape index (κ1) is 32.3. The van der Waals surface area contributed by atoms with Crippen molar-refractivity contribution < 1.29 is 24.2 Å². The summed E-state index contributed by atoms with van der Waals surface area (Å²) in [6.07, 6.45) is -0.322. The number of carbonyl (C=O) groups excluding carboxylic acids is 2. The Morgan fingerprint density at radius 3 is 1.60 bits per heavy atom. The average molecular weight is 639 g/mol. The van der Waals surface area contributed by atoms with E-state index in [1.165, 1.54) is 7.05 Å². The highest BCUT2D eigenvalue weighted by atomic mass is 16.6. The molecule has 0 aromatic heterocycles. The normalized spacial score (nSPS) is 12.8. The van der Waals surface area contributed by atoms with Gasteiger partial charge in [0.15, 0.2) is 0 Å². The Labute approximate surface area is 280 Å². The smallest absolute Gasteiger partial charge is 0.410 e. The molecule has 5 aromatic carbocycles. The van der Waals surface area contributed by atoms with E-state index in [0.717, 1.165) is 43.8 Å². The summed E-state index contributed by atoms with van der Waals surface area (Å²) < 4.78 is 5.72. The number of ether oxygens (including phenoxy) is 1. The second kappa shape index (κ2) is 14.4. The molecule has 242 valence electrons. The molecule has 1 atom stereocenters. The van der Waals surface area contributed by atoms with E-state index in [0.29, 0.717) is 0 Å². The van der Waals surface area contributed by atoms with Crippen molar-refractivity contribution in [2.45, 2.75) is 36.8 Å². The van der Waals surface area contributed by atoms with E-state index in [-0.39, 0.29) is 37.7 Å². The maximum Gasteiger partial charge on any atom is 0.410 e. The molecule has 1 aliphatic carbocycles. The Hall–Kier alpha value is -5.69. The number of nitrogens with zero attached hydrogens (tertiary/aromatic N) is 1. The predicted octanol–water partition coefficient (Wildman–Crippen LogP) is 7.60. The van der Waals surface area contributed by atoms with Crippen molar-refractivity contribution in [3.63, 3.8) is 0 Å². The van der Waals surface area contributed by atoms with Crippen LogP contribution in [0.5, 0.6) is 0 Å². The Bertz CT molecular complexity index is 1740. The number of likely N-dealkylation sites (N-methyl/N-ethyl adjacent to an activating group) is 1. The lowest BCUT2D eigenvalue weighted by Crippen LogP contribution is -2.48. The van der Waals surface area contributed by atoms with Crippen LogP contribution < -0.4 is 5.32 Å². The second-order valence-electron chi connectivity index (χ2n) is 12.1. The molecule has 0 aliphatic heterocycles. The fraction of sp³-hybridized carbons (Fsp3) is 0.195. The minimum atomic E-state index is -1.16. The molecule has 5 aromatic rings. The van der Waals surface area contributed by atoms with E-state index >= 15 is 0 Å². The van der Waals surface area contributed by atoms with Crippen LogP contribution in [0.25, 0.3) is 11.1 Å². The van der Waals surface area contributed by atoms with Gasteiger partial charge in [-0.25, -0.2) is 9.59 Å². The van der Waals surface area contributed by atoms with Gasteiger partial charge in [0.1, 0.15) is 18.2 Å². The molecular formula is C41H38N2O5. The highest BCUT2D eigenvalue weighted by Gasteiger charge is 2.38. The van der Waals surface area contributed by atoms with Crippen LogP contribution in [0.15, 0.2) is 140 Å². The number of rotatable bonds is 12. The van der Waals surface area contributed by atoms with E-state index in [1.54, 1.807) is 0 Å². The van der Waals surface area contributed by atoms with Crippen molar-refractivity contribution in [2.75, 3.05) is 13.7 Å². The number of benzene rings is 5. The van der Waals surface area contributed by atoms with Crippen molar-refractivity contribution >= 4 is 18.0 Å². The average Bonchev–Trinajstić information content (AvgIpc) is 3.45. The third-order valence-electron chi connectivity index (χ3n) is 9.21. The van der Waals surface area contributed by atoms with Gasteiger partial charge in [0, 0.05) is 19.4 Å². The van der Waals surface area contributed by atoms with Gasteiger partial charge in [-0.2, -0.15) is 0 Å². The summed E-state index contributed by atoms with van der Waals surface area (Å²) in [6, 6.07) is 44.3. The molecule has 0 bridgehead atoms. The predicted molar refractivity (Wildman–Crippen MR) is 185 cm³/mol. The summed E-state index contributed by atoms with van der Waals surface area (Å²) in [5.41, 5.74) is 6.10. The highest BCUT2D eigenvalue weighted by Crippen LogP contribution is 2.44. The van der Waals surface area contributed by atoms with Gasteiger partial charge in [-0.15, -0.1) is 0 Å². The fourth-order valence-electron chi connectivity index (χ4n) is 6.81. The molecule has 2 amide bonds. The number of fused-ring (bicyclic) bond motifs is 3. The summed E-state index contributed by atoms with van der Waals surface area (Å²) >= 11 is 0. The molecular weight excluding hydrogens is 600 g/mol. The lowest BCUT2D eigenvalue weighted by atomic mass is 9.77. The van der Waals surface area contributed by atoms with Gasteiger partial charge < -0.3 is 15.2 Å². The zero-order valence-corrected chi connectivity index (χ0v) is 26.8. The summed E-state index contributed by atoms with van der Waals surface area (Å²) in [5, 5.41) is 13.4. The van der Waals surface area contributed by atoms with E-state index in [1.807, 2.05) is 127 Å². The summed E-state index contributed by atoms with van der Waals surface area (Å²) in [4.78, 5) is 40.4. The number of carboxylic acid groups (broad SMARTS) is 1. The molecule has 7 heteroatoms. The number of hydrogen-bond acceptors (Lipinski definition) is 4. The summed E-state index contributed by atoms with van der Waals surface area (Å²) in [7, 11) is 1.43. The van der Waals surface area contributed by atoms with Crippen molar-refractivity contribution in [1.29, 1.82) is 0 Å². The molecule has 0 unspecified atom stereocenters. The number of amides is 2. The largest absolute Gasteiger partial charge is 0.480 e. The monoisotopic (exact) mass is 638 g/mol. The van der Waals surface area contributed by atoms with Gasteiger partial charge in [-0.3, -0.25) is 9.69 Å². The standard InChI is InChI=1S/C41H38N2O5/c1-43(40(47)48-28-36-34-24-13-11-22-32(34)33-23-12-14-25-35(33)36)37(39(45)46)26-15-27-38(44)42-41(29-16-5-2-6-17-29,30-18-7-3-8-19-30)31-20-9-4-10-21-31/h2-14,16-25,36-37H,15,26-28H2,1H3,(H,42,44)(H,45,46)/t37-/m0/s1. The van der Waals surface area contributed by atoms with E-state index < -0.39 is 23.6 Å². The topological polar surface area (TPSA) is 95.9 Å². The number of aliphatic carboxylic acids is 1. The van der Waals surface area contributed by atoms with Crippen LogP contribution in [-0.4, -0.2) is 47.7 Å². The molecule has 48 heavy (non-hydrogen) atoms. The van der Waals surface area contributed by atoms with Gasteiger partial charge in [-0.1, -0.05) is 140 Å².